The van der Waals surface area contributed by atoms with Gasteiger partial charge in [-0.15, -0.1) is 0 Å². The Kier molecular flexibility index (Phi) is 10.0. The Morgan fingerprint density at radius 1 is 0.957 bits per heavy atom. The van der Waals surface area contributed by atoms with Gasteiger partial charge < -0.3 is 31.7 Å². The van der Waals surface area contributed by atoms with E-state index in [-0.39, 0.29) is 30.2 Å². The first-order valence-electron chi connectivity index (χ1n) is 16.7. The molecule has 1 aromatic rings. The number of carboxylic acid groups (broad SMARTS) is 1. The van der Waals surface area contributed by atoms with Crippen molar-refractivity contribution in [2.24, 2.45) is 29.4 Å². The van der Waals surface area contributed by atoms with Gasteiger partial charge in [0.1, 0.15) is 17.6 Å². The molecule has 250 valence electrons. The van der Waals surface area contributed by atoms with Crippen molar-refractivity contribution in [2.45, 2.75) is 108 Å². The fourth-order valence-electron chi connectivity index (χ4n) is 7.97. The Labute approximate surface area is 269 Å². The number of Topliss-reactive ketones (excluding diaryl/α,β-unsaturated/α-hetero) is 1. The van der Waals surface area contributed by atoms with Crippen molar-refractivity contribution in [3.05, 3.63) is 35.4 Å². The second-order valence-electron chi connectivity index (χ2n) is 14.1. The molecule has 4 aliphatic rings. The highest BCUT2D eigenvalue weighted by Crippen LogP contribution is 2.36. The van der Waals surface area contributed by atoms with Crippen LogP contribution >= 0.6 is 0 Å². The maximum atomic E-state index is 14.6. The van der Waals surface area contributed by atoms with E-state index >= 15 is 0 Å². The van der Waals surface area contributed by atoms with Gasteiger partial charge in [0.05, 0.1) is 6.04 Å². The number of carbonyl (C=O) groups excluding carboxylic acids is 5. The molecule has 1 unspecified atom stereocenters. The van der Waals surface area contributed by atoms with Gasteiger partial charge in [-0.2, -0.15) is 0 Å². The highest BCUT2D eigenvalue weighted by atomic mass is 16.4. The van der Waals surface area contributed by atoms with E-state index in [1.165, 1.54) is 4.90 Å². The number of aliphatic carboxylic acids is 1. The lowest BCUT2D eigenvalue weighted by molar-refractivity contribution is -0.144. The van der Waals surface area contributed by atoms with Crippen molar-refractivity contribution in [2.75, 3.05) is 6.54 Å². The number of carboxylic acids is 1. The summed E-state index contributed by atoms with van der Waals surface area (Å²) in [4.78, 5) is 80.3. The summed E-state index contributed by atoms with van der Waals surface area (Å²) in [5.74, 6) is -4.31. The average Bonchev–Trinajstić information content (AvgIpc) is 3.74. The number of benzene rings is 1. The fourth-order valence-corrected chi connectivity index (χ4v) is 7.97. The van der Waals surface area contributed by atoms with E-state index < -0.39 is 59.2 Å². The minimum Gasteiger partial charge on any atom is -0.480 e. The lowest BCUT2D eigenvalue weighted by atomic mass is 9.80. The van der Waals surface area contributed by atoms with Crippen LogP contribution < -0.4 is 21.7 Å². The largest absolute Gasteiger partial charge is 0.480 e. The summed E-state index contributed by atoms with van der Waals surface area (Å²) in [6.07, 6.45) is 6.73. The summed E-state index contributed by atoms with van der Waals surface area (Å²) in [6.45, 7) is 4.22. The van der Waals surface area contributed by atoms with Gasteiger partial charge in [-0.3, -0.25) is 19.2 Å². The lowest BCUT2D eigenvalue weighted by Crippen LogP contribution is -2.62. The molecule has 6 N–H and O–H groups in total. The number of nitrogens with zero attached hydrogens (tertiary/aromatic N) is 1. The molecule has 3 fully saturated rings. The van der Waals surface area contributed by atoms with Crippen molar-refractivity contribution < 1.29 is 33.9 Å². The molecule has 2 saturated carbocycles. The van der Waals surface area contributed by atoms with Crippen LogP contribution in [0.1, 0.15) is 82.8 Å². The quantitative estimate of drug-likeness (QED) is 0.217. The number of ketones is 1. The molecule has 0 bridgehead atoms. The van der Waals surface area contributed by atoms with E-state index in [4.69, 9.17) is 5.73 Å². The van der Waals surface area contributed by atoms with Gasteiger partial charge in [-0.25, -0.2) is 9.59 Å². The predicted octanol–water partition coefficient (Wildman–Crippen LogP) is 2.07. The third-order valence-electron chi connectivity index (χ3n) is 10.8. The van der Waals surface area contributed by atoms with Crippen LogP contribution in [0.2, 0.25) is 0 Å². The molecular weight excluding hydrogens is 590 g/mol. The van der Waals surface area contributed by atoms with Crippen LogP contribution in [0, 0.1) is 23.7 Å². The summed E-state index contributed by atoms with van der Waals surface area (Å²) < 4.78 is 0. The molecule has 1 aromatic carbocycles. The minimum atomic E-state index is -1.39. The second-order valence-corrected chi connectivity index (χ2v) is 14.1. The van der Waals surface area contributed by atoms with Gasteiger partial charge in [0.25, 0.3) is 5.91 Å². The molecule has 1 heterocycles. The smallest absolute Gasteiger partial charge is 0.329 e. The molecule has 0 radical (unpaired) electrons. The highest BCUT2D eigenvalue weighted by Gasteiger charge is 2.49. The summed E-state index contributed by atoms with van der Waals surface area (Å²) >= 11 is 0. The van der Waals surface area contributed by atoms with Gasteiger partial charge in [0.15, 0.2) is 0 Å². The monoisotopic (exact) mass is 637 g/mol. The Balaban J connectivity index is 1.40. The normalized spacial score (nSPS) is 23.7. The summed E-state index contributed by atoms with van der Waals surface area (Å²) in [6, 6.07) is 4.09. The SMILES string of the molecule is CC(C)[C@H]1CCN(C(=O)[C@@H](NC(=O)NC2(C(=O)O)CCCC2)C2Cc3ccccc3C2)[C@@H]1C(=O)NC(CC1CCC1)C(=O)C(N)=O. The maximum Gasteiger partial charge on any atom is 0.329 e. The van der Waals surface area contributed by atoms with Crippen LogP contribution in [-0.4, -0.2) is 75.7 Å². The van der Waals surface area contributed by atoms with Gasteiger partial charge in [0.2, 0.25) is 17.6 Å². The number of primary amides is 1. The number of urea groups is 1. The number of nitrogens with two attached hydrogens (primary N) is 1. The molecule has 3 aliphatic carbocycles. The third-order valence-corrected chi connectivity index (χ3v) is 10.8. The molecule has 0 spiro atoms. The van der Waals surface area contributed by atoms with Crippen LogP contribution in [0.25, 0.3) is 0 Å². The maximum absolute atomic E-state index is 14.6. The molecule has 1 saturated heterocycles. The van der Waals surface area contributed by atoms with Crippen LogP contribution in [0.4, 0.5) is 4.79 Å². The molecule has 0 aromatic heterocycles. The van der Waals surface area contributed by atoms with Crippen molar-refractivity contribution >= 4 is 35.5 Å². The van der Waals surface area contributed by atoms with Crippen LogP contribution in [0.3, 0.4) is 0 Å². The molecule has 12 nitrogen and oxygen atoms in total. The molecule has 12 heteroatoms. The van der Waals surface area contributed by atoms with Gasteiger partial charge in [0, 0.05) is 6.54 Å². The first-order valence-corrected chi connectivity index (χ1v) is 16.7. The summed E-state index contributed by atoms with van der Waals surface area (Å²) in [5.41, 5.74) is 6.10. The van der Waals surface area contributed by atoms with Gasteiger partial charge >= 0.3 is 12.0 Å². The average molecular weight is 638 g/mol. The van der Waals surface area contributed by atoms with E-state index in [1.807, 2.05) is 38.1 Å². The molecule has 1 aliphatic heterocycles. The van der Waals surface area contributed by atoms with Crippen molar-refractivity contribution in [1.29, 1.82) is 0 Å². The van der Waals surface area contributed by atoms with Crippen molar-refractivity contribution in [1.82, 2.24) is 20.9 Å². The molecule has 5 amide bonds. The summed E-state index contributed by atoms with van der Waals surface area (Å²) in [7, 11) is 0. The number of likely N-dealkylation sites (tertiary alicyclic amines) is 1. The van der Waals surface area contributed by atoms with Gasteiger partial charge in [-0.05, 0) is 73.3 Å². The number of hydrogen-bond donors (Lipinski definition) is 5. The van der Waals surface area contributed by atoms with Crippen LogP contribution in [0.5, 0.6) is 0 Å². The van der Waals surface area contributed by atoms with E-state index in [0.29, 0.717) is 51.4 Å². The predicted molar refractivity (Wildman–Crippen MR) is 168 cm³/mol. The highest BCUT2D eigenvalue weighted by molar-refractivity contribution is 6.37. The zero-order valence-corrected chi connectivity index (χ0v) is 26.8. The zero-order valence-electron chi connectivity index (χ0n) is 26.8. The molecule has 4 atom stereocenters. The van der Waals surface area contributed by atoms with Crippen LogP contribution in [-0.2, 0) is 36.8 Å². The standard InChI is InChI=1S/C34H47N5O7/c1-19(2)24-12-15-39(27(24)30(42)36-25(28(40)29(35)41)16-20-8-7-9-20)31(43)26(23-17-21-10-3-4-11-22(21)18-23)37-33(46)38-34(32(44)45)13-5-6-14-34/h3-4,10-11,19-20,23-27H,5-9,12-18H2,1-2H3,(H2,35,41)(H,36,42)(H,44,45)(H2,37,38,46)/t24-,25?,26+,27+/m1/s1. The Bertz CT molecular complexity index is 1340. The third kappa shape index (κ3) is 6.90. The van der Waals surface area contributed by atoms with Crippen molar-refractivity contribution in [3.63, 3.8) is 0 Å². The van der Waals surface area contributed by atoms with Crippen molar-refractivity contribution in [3.8, 4) is 0 Å². The van der Waals surface area contributed by atoms with E-state index in [1.54, 1.807) is 0 Å². The van der Waals surface area contributed by atoms with E-state index in [9.17, 15) is 33.9 Å². The minimum absolute atomic E-state index is 0.0220. The molecular formula is C34H47N5O7. The Morgan fingerprint density at radius 2 is 1.59 bits per heavy atom. The Morgan fingerprint density at radius 3 is 2.11 bits per heavy atom. The first-order chi connectivity index (χ1) is 21.9. The van der Waals surface area contributed by atoms with Gasteiger partial charge in [-0.1, -0.05) is 70.2 Å². The van der Waals surface area contributed by atoms with Crippen LogP contribution in [0.15, 0.2) is 24.3 Å². The lowest BCUT2D eigenvalue weighted by Gasteiger charge is -2.35. The zero-order chi connectivity index (χ0) is 33.2. The number of rotatable bonds is 12. The topological polar surface area (TPSA) is 188 Å². The van der Waals surface area contributed by atoms with E-state index in [0.717, 1.165) is 30.4 Å². The van der Waals surface area contributed by atoms with E-state index in [2.05, 4.69) is 16.0 Å². The fraction of sp³-hybridized carbons (Fsp3) is 0.647. The second kappa shape index (κ2) is 13.8. The number of nitrogens with one attached hydrogen (secondary N) is 3. The number of amides is 5. The number of hydrogen-bond acceptors (Lipinski definition) is 6. The summed E-state index contributed by atoms with van der Waals surface area (Å²) in [5, 5.41) is 18.2. The molecule has 46 heavy (non-hydrogen) atoms. The number of fused-ring (bicyclic) bond motifs is 1. The first kappa shape index (κ1) is 33.4. The molecule has 5 rings (SSSR count). The number of carbonyl (C=O) groups is 6. The Hall–Kier alpha value is -3.96.